The summed E-state index contributed by atoms with van der Waals surface area (Å²) in [5, 5.41) is 103. The smallest absolute Gasteiger partial charge is 0.331 e. The lowest BCUT2D eigenvalue weighted by atomic mass is 9.98. The standard InChI is InChI=1S/C40H50O23/c1-18(44)57-36-26(15-42)62-40(17-43,37(36)61-29(47)11-7-19-4-8-21(45)23(12-19)54-2)63-39-35(53)33(51)31(49)27(60-39)16-56-28(46)10-6-20-5-9-22(24(13-20)55-3)58-38-34(52)32(50)30(48)25(14-41)59-38/h4-13,25-27,30-39,41-43,45,48-53H,14-17H2,1-3H3/t25-,26-,27-,30-,31-,32+,33+,34-,35-,36-,37+,38-,39-,40+/m1/s1. The Balaban J connectivity index is 1.27. The first-order valence-electron chi connectivity index (χ1n) is 19.2. The Bertz CT molecular complexity index is 1940. The summed E-state index contributed by atoms with van der Waals surface area (Å²) in [5.74, 6) is -5.54. The summed E-state index contributed by atoms with van der Waals surface area (Å²) in [4.78, 5) is 38.0. The SMILES string of the molecule is COc1cc(C=CC(=O)O[C@H]2[C@H](OC(C)=O)[C@@H](CO)O[C@@]2(CO)O[C@H]2O[C@H](COC(=O)C=Cc3ccc(O[C@@H]4O[C@H](CO)[C@@H](O)[C@H](O)[C@H]4O)c(OC)c3)[C@@H](O)[C@H](O)[C@H]2O)ccc1O. The molecule has 0 aliphatic carbocycles. The van der Waals surface area contributed by atoms with Gasteiger partial charge in [0.1, 0.15) is 68.1 Å². The highest BCUT2D eigenvalue weighted by Crippen LogP contribution is 2.40. The van der Waals surface area contributed by atoms with Crippen molar-refractivity contribution in [2.45, 2.75) is 92.4 Å². The van der Waals surface area contributed by atoms with E-state index in [1.807, 2.05) is 0 Å². The van der Waals surface area contributed by atoms with E-state index in [4.69, 9.17) is 47.4 Å². The average Bonchev–Trinajstić information content (AvgIpc) is 3.55. The van der Waals surface area contributed by atoms with Crippen LogP contribution in [0.25, 0.3) is 12.2 Å². The molecule has 23 heteroatoms. The molecule has 63 heavy (non-hydrogen) atoms. The number of phenolic OH excluding ortho intramolecular Hbond substituents is 1. The quantitative estimate of drug-likeness (QED) is 0.0420. The normalized spacial score (nSPS) is 33.2. The molecule has 23 nitrogen and oxygen atoms in total. The fourth-order valence-corrected chi connectivity index (χ4v) is 6.75. The summed E-state index contributed by atoms with van der Waals surface area (Å²) in [5.41, 5.74) is 0.737. The van der Waals surface area contributed by atoms with Gasteiger partial charge < -0.3 is 98.4 Å². The Morgan fingerprint density at radius 1 is 0.683 bits per heavy atom. The van der Waals surface area contributed by atoms with Gasteiger partial charge in [0.2, 0.25) is 12.1 Å². The molecule has 0 radical (unpaired) electrons. The Labute approximate surface area is 358 Å². The maximum atomic E-state index is 13.2. The fraction of sp³-hybridized carbons (Fsp3) is 0.525. The number of methoxy groups -OCH3 is 2. The van der Waals surface area contributed by atoms with Crippen LogP contribution in [0.4, 0.5) is 0 Å². The van der Waals surface area contributed by atoms with Gasteiger partial charge in [-0.25, -0.2) is 9.59 Å². The monoisotopic (exact) mass is 898 g/mol. The predicted molar refractivity (Wildman–Crippen MR) is 206 cm³/mol. The molecule has 0 aromatic heterocycles. The molecule has 5 rings (SSSR count). The second kappa shape index (κ2) is 21.6. The van der Waals surface area contributed by atoms with Crippen molar-refractivity contribution in [3.63, 3.8) is 0 Å². The summed E-state index contributed by atoms with van der Waals surface area (Å²) < 4.78 is 54.7. The number of rotatable bonds is 17. The molecule has 14 atom stereocenters. The lowest BCUT2D eigenvalue weighted by Gasteiger charge is -2.43. The number of benzene rings is 2. The third-order valence-corrected chi connectivity index (χ3v) is 10.1. The highest BCUT2D eigenvalue weighted by atomic mass is 16.8. The van der Waals surface area contributed by atoms with Crippen LogP contribution >= 0.6 is 0 Å². The second-order valence-electron chi connectivity index (χ2n) is 14.3. The highest BCUT2D eigenvalue weighted by molar-refractivity contribution is 5.88. The molecule has 10 N–H and O–H groups in total. The molecule has 2 aromatic carbocycles. The van der Waals surface area contributed by atoms with Crippen LogP contribution in [0.3, 0.4) is 0 Å². The first kappa shape index (κ1) is 49.0. The molecule has 348 valence electrons. The van der Waals surface area contributed by atoms with E-state index in [0.29, 0.717) is 11.1 Å². The van der Waals surface area contributed by atoms with Gasteiger partial charge in [-0.1, -0.05) is 12.1 Å². The third-order valence-electron chi connectivity index (χ3n) is 10.1. The van der Waals surface area contributed by atoms with E-state index in [1.54, 1.807) is 0 Å². The van der Waals surface area contributed by atoms with Crippen LogP contribution in [-0.4, -0.2) is 195 Å². The number of aliphatic hydroxyl groups excluding tert-OH is 9. The largest absolute Gasteiger partial charge is 0.504 e. The van der Waals surface area contributed by atoms with Gasteiger partial charge in [-0.05, 0) is 47.5 Å². The van der Waals surface area contributed by atoms with Gasteiger partial charge in [0, 0.05) is 19.1 Å². The molecule has 0 spiro atoms. The zero-order valence-corrected chi connectivity index (χ0v) is 33.9. The van der Waals surface area contributed by atoms with Crippen molar-refractivity contribution in [3.8, 4) is 23.0 Å². The molecule has 3 heterocycles. The molecule has 2 aromatic rings. The first-order chi connectivity index (χ1) is 30.0. The third kappa shape index (κ3) is 11.4. The van der Waals surface area contributed by atoms with Gasteiger partial charge in [0.15, 0.2) is 41.5 Å². The van der Waals surface area contributed by atoms with Gasteiger partial charge in [0.05, 0.1) is 27.4 Å². The maximum absolute atomic E-state index is 13.2. The van der Waals surface area contributed by atoms with E-state index in [9.17, 15) is 65.4 Å². The summed E-state index contributed by atoms with van der Waals surface area (Å²) in [6, 6.07) is 8.42. The van der Waals surface area contributed by atoms with E-state index in [-0.39, 0.29) is 23.0 Å². The molecule has 0 unspecified atom stereocenters. The number of hydrogen-bond acceptors (Lipinski definition) is 23. The number of carbonyl (C=O) groups excluding carboxylic acids is 3. The van der Waals surface area contributed by atoms with Crippen molar-refractivity contribution in [2.75, 3.05) is 40.6 Å². The van der Waals surface area contributed by atoms with Crippen molar-refractivity contribution in [3.05, 3.63) is 59.7 Å². The van der Waals surface area contributed by atoms with Crippen molar-refractivity contribution >= 4 is 30.1 Å². The van der Waals surface area contributed by atoms with Crippen LogP contribution in [0.5, 0.6) is 23.0 Å². The number of aromatic hydroxyl groups is 1. The van der Waals surface area contributed by atoms with E-state index in [0.717, 1.165) is 19.1 Å². The second-order valence-corrected chi connectivity index (χ2v) is 14.3. The number of phenols is 1. The number of ether oxygens (including phenoxy) is 10. The minimum atomic E-state index is -2.56. The zero-order chi connectivity index (χ0) is 46.2. The molecule has 0 amide bonds. The van der Waals surface area contributed by atoms with Gasteiger partial charge >= 0.3 is 17.9 Å². The lowest BCUT2D eigenvalue weighted by molar-refractivity contribution is -0.383. The number of hydrogen-bond donors (Lipinski definition) is 10. The summed E-state index contributed by atoms with van der Waals surface area (Å²) in [6.07, 6.45) is -17.8. The Morgan fingerprint density at radius 2 is 1.25 bits per heavy atom. The van der Waals surface area contributed by atoms with E-state index in [2.05, 4.69) is 0 Å². The Morgan fingerprint density at radius 3 is 1.86 bits per heavy atom. The topological polar surface area (TPSA) is 346 Å². The molecule has 0 bridgehead atoms. The molecule has 3 aliphatic rings. The van der Waals surface area contributed by atoms with Crippen LogP contribution in [0.1, 0.15) is 18.1 Å². The molecule has 3 saturated heterocycles. The molecular weight excluding hydrogens is 848 g/mol. The zero-order valence-electron chi connectivity index (χ0n) is 33.9. The summed E-state index contributed by atoms with van der Waals surface area (Å²) >= 11 is 0. The highest BCUT2D eigenvalue weighted by Gasteiger charge is 2.62. The molecular formula is C40H50O23. The average molecular weight is 899 g/mol. The fourth-order valence-electron chi connectivity index (χ4n) is 6.75. The Hall–Kier alpha value is -4.99. The van der Waals surface area contributed by atoms with Crippen LogP contribution in [-0.2, 0) is 47.5 Å². The molecule has 3 fully saturated rings. The number of esters is 3. The number of carbonyl (C=O) groups is 3. The van der Waals surface area contributed by atoms with Gasteiger partial charge in [0.25, 0.3) is 0 Å². The minimum absolute atomic E-state index is 0.0237. The van der Waals surface area contributed by atoms with E-state index < -0.39 is 130 Å². The molecule has 0 saturated carbocycles. The predicted octanol–water partition coefficient (Wildman–Crippen LogP) is -3.39. The van der Waals surface area contributed by atoms with Gasteiger partial charge in [-0.15, -0.1) is 0 Å². The maximum Gasteiger partial charge on any atom is 0.331 e. The van der Waals surface area contributed by atoms with E-state index >= 15 is 0 Å². The van der Waals surface area contributed by atoms with Crippen molar-refractivity contribution in [2.24, 2.45) is 0 Å². The summed E-state index contributed by atoms with van der Waals surface area (Å²) in [7, 11) is 2.61. The minimum Gasteiger partial charge on any atom is -0.504 e. The van der Waals surface area contributed by atoms with Gasteiger partial charge in [-0.2, -0.15) is 0 Å². The van der Waals surface area contributed by atoms with E-state index in [1.165, 1.54) is 62.8 Å². The van der Waals surface area contributed by atoms with Crippen molar-refractivity contribution < 1.29 is 113 Å². The lowest BCUT2D eigenvalue weighted by Crippen LogP contribution is -2.63. The van der Waals surface area contributed by atoms with Crippen LogP contribution in [0.2, 0.25) is 0 Å². The van der Waals surface area contributed by atoms with Crippen molar-refractivity contribution in [1.29, 1.82) is 0 Å². The van der Waals surface area contributed by atoms with Crippen LogP contribution < -0.4 is 14.2 Å². The van der Waals surface area contributed by atoms with Gasteiger partial charge in [-0.3, -0.25) is 4.79 Å². The molecule has 3 aliphatic heterocycles. The van der Waals surface area contributed by atoms with Crippen LogP contribution in [0, 0.1) is 0 Å². The number of aliphatic hydroxyl groups is 9. The van der Waals surface area contributed by atoms with Crippen LogP contribution in [0.15, 0.2) is 48.6 Å². The summed E-state index contributed by atoms with van der Waals surface area (Å²) in [6.45, 7) is -2.48. The first-order valence-corrected chi connectivity index (χ1v) is 19.2. The van der Waals surface area contributed by atoms with Crippen molar-refractivity contribution in [1.82, 2.24) is 0 Å². The Kier molecular flexibility index (Phi) is 16.8.